The Labute approximate surface area is 145 Å². The molecule has 1 heterocycles. The molecule has 3 N–H and O–H groups in total. The van der Waals surface area contributed by atoms with Crippen LogP contribution in [0, 0.1) is 0 Å². The van der Waals surface area contributed by atoms with Gasteiger partial charge in [-0.1, -0.05) is 29.8 Å². The maximum Gasteiger partial charge on any atom is 0.226 e. The quantitative estimate of drug-likeness (QED) is 0.448. The van der Waals surface area contributed by atoms with Crippen molar-refractivity contribution in [2.45, 2.75) is 6.42 Å². The van der Waals surface area contributed by atoms with Gasteiger partial charge in [-0.2, -0.15) is 4.98 Å². The minimum absolute atomic E-state index is 0. The number of benzene rings is 1. The summed E-state index contributed by atoms with van der Waals surface area (Å²) in [5.41, 5.74) is 7.77. The highest BCUT2D eigenvalue weighted by Crippen LogP contribution is 2.21. The van der Waals surface area contributed by atoms with E-state index in [2.05, 4.69) is 15.3 Å². The van der Waals surface area contributed by atoms with Crippen molar-refractivity contribution in [3.8, 4) is 0 Å². The molecule has 0 atom stereocenters. The first-order valence-corrected chi connectivity index (χ1v) is 7.34. The number of alkyl halides is 1. The molecule has 0 aliphatic rings. The van der Waals surface area contributed by atoms with Gasteiger partial charge in [0.1, 0.15) is 12.5 Å². The normalized spacial score (nSPS) is 10.1. The van der Waals surface area contributed by atoms with Crippen molar-refractivity contribution in [1.82, 2.24) is 9.97 Å². The molecule has 0 unspecified atom stereocenters. The Morgan fingerprint density at radius 3 is 2.68 bits per heavy atom. The van der Waals surface area contributed by atoms with E-state index in [1.807, 2.05) is 24.3 Å². The van der Waals surface area contributed by atoms with Crippen LogP contribution >= 0.6 is 35.6 Å². The molecular weight excluding hydrogens is 347 g/mol. The Kier molecular flexibility index (Phi) is 8.27. The average molecular weight is 364 g/mol. The summed E-state index contributed by atoms with van der Waals surface area (Å²) in [6.45, 7) is 0.755. The van der Waals surface area contributed by atoms with Gasteiger partial charge in [-0.05, 0) is 11.6 Å². The van der Waals surface area contributed by atoms with Crippen LogP contribution in [0.5, 0.6) is 0 Å². The van der Waals surface area contributed by atoms with Crippen molar-refractivity contribution in [2.24, 2.45) is 0 Å². The van der Waals surface area contributed by atoms with E-state index in [4.69, 9.17) is 33.7 Å². The van der Waals surface area contributed by atoms with Gasteiger partial charge < -0.3 is 15.8 Å². The highest BCUT2D eigenvalue weighted by Gasteiger charge is 2.07. The van der Waals surface area contributed by atoms with Gasteiger partial charge >= 0.3 is 0 Å². The lowest BCUT2D eigenvalue weighted by molar-refractivity contribution is 0.168. The van der Waals surface area contributed by atoms with Crippen LogP contribution in [0.3, 0.4) is 0 Å². The van der Waals surface area contributed by atoms with Gasteiger partial charge in [-0.3, -0.25) is 0 Å². The molecule has 0 radical (unpaired) electrons. The lowest BCUT2D eigenvalue weighted by Gasteiger charge is -2.09. The molecule has 120 valence electrons. The van der Waals surface area contributed by atoms with Crippen molar-refractivity contribution in [3.05, 3.63) is 46.6 Å². The first-order chi connectivity index (χ1) is 10.2. The van der Waals surface area contributed by atoms with E-state index >= 15 is 0 Å². The lowest BCUT2D eigenvalue weighted by atomic mass is 10.1. The molecule has 0 aliphatic carbocycles. The molecule has 0 fully saturated rings. The molecule has 22 heavy (non-hydrogen) atoms. The van der Waals surface area contributed by atoms with Gasteiger partial charge in [0.25, 0.3) is 0 Å². The maximum atomic E-state index is 6.13. The van der Waals surface area contributed by atoms with E-state index in [1.165, 1.54) is 0 Å². The van der Waals surface area contributed by atoms with Crippen molar-refractivity contribution in [2.75, 3.05) is 30.3 Å². The van der Waals surface area contributed by atoms with Crippen LogP contribution in [0.15, 0.2) is 30.5 Å². The molecule has 1 aromatic carbocycles. The number of halogens is 3. The third kappa shape index (κ3) is 5.50. The Hall–Kier alpha value is -1.27. The van der Waals surface area contributed by atoms with E-state index in [9.17, 15) is 0 Å². The summed E-state index contributed by atoms with van der Waals surface area (Å²) < 4.78 is 5.19. The Morgan fingerprint density at radius 1 is 1.23 bits per heavy atom. The summed E-state index contributed by atoms with van der Waals surface area (Å²) >= 11 is 11.6. The number of hydrogen-bond acceptors (Lipinski definition) is 5. The Bertz CT molecular complexity index is 598. The zero-order valence-corrected chi connectivity index (χ0v) is 14.1. The van der Waals surface area contributed by atoms with Crippen molar-refractivity contribution in [1.29, 1.82) is 0 Å². The summed E-state index contributed by atoms with van der Waals surface area (Å²) in [6.07, 6.45) is 2.28. The molecule has 2 rings (SSSR count). The minimum Gasteiger partial charge on any atom is -0.383 e. The number of nitrogens with zero attached hydrogens (tertiary/aromatic N) is 2. The van der Waals surface area contributed by atoms with Gasteiger partial charge in [0.2, 0.25) is 5.95 Å². The van der Waals surface area contributed by atoms with E-state index in [0.717, 1.165) is 11.1 Å². The topological polar surface area (TPSA) is 73.1 Å². The second-order valence-corrected chi connectivity index (χ2v) is 5.08. The molecular formula is C14H17Cl3N4O. The molecule has 0 aliphatic heterocycles. The fourth-order valence-corrected chi connectivity index (χ4v) is 2.04. The number of nitrogens with one attached hydrogen (secondary N) is 1. The van der Waals surface area contributed by atoms with Gasteiger partial charge in [-0.25, -0.2) is 4.98 Å². The molecule has 0 spiro atoms. The molecule has 2 aromatic rings. The minimum atomic E-state index is 0. The van der Waals surface area contributed by atoms with Crippen LogP contribution in [0.1, 0.15) is 11.1 Å². The first-order valence-electron chi connectivity index (χ1n) is 6.43. The van der Waals surface area contributed by atoms with Gasteiger partial charge in [0.05, 0.1) is 6.61 Å². The maximum absolute atomic E-state index is 6.13. The molecule has 0 amide bonds. The second-order valence-electron chi connectivity index (χ2n) is 4.29. The zero-order valence-electron chi connectivity index (χ0n) is 11.8. The molecule has 0 saturated heterocycles. The fourth-order valence-electron chi connectivity index (χ4n) is 1.73. The fraction of sp³-hybridized carbons (Fsp3) is 0.286. The van der Waals surface area contributed by atoms with Gasteiger partial charge in [0.15, 0.2) is 0 Å². The molecule has 0 bridgehead atoms. The number of rotatable bonds is 7. The smallest absolute Gasteiger partial charge is 0.226 e. The summed E-state index contributed by atoms with van der Waals surface area (Å²) in [5.74, 6) is 1.29. The first kappa shape index (κ1) is 18.8. The summed E-state index contributed by atoms with van der Waals surface area (Å²) in [6, 6.07) is 7.62. The zero-order chi connectivity index (χ0) is 15.1. The van der Waals surface area contributed by atoms with Crippen molar-refractivity contribution < 1.29 is 4.74 Å². The van der Waals surface area contributed by atoms with Crippen LogP contribution < -0.4 is 11.1 Å². The van der Waals surface area contributed by atoms with Crippen LogP contribution in [0.25, 0.3) is 0 Å². The molecule has 5 nitrogen and oxygen atoms in total. The van der Waals surface area contributed by atoms with E-state index in [0.29, 0.717) is 35.7 Å². The third-order valence-corrected chi connectivity index (χ3v) is 3.31. The number of hydrogen-bond donors (Lipinski definition) is 2. The Morgan fingerprint density at radius 2 is 2.00 bits per heavy atom. The van der Waals surface area contributed by atoms with Crippen LogP contribution in [0.2, 0.25) is 5.02 Å². The highest BCUT2D eigenvalue weighted by molar-refractivity contribution is 6.31. The van der Waals surface area contributed by atoms with Crippen molar-refractivity contribution >= 4 is 47.4 Å². The highest BCUT2D eigenvalue weighted by atomic mass is 35.5. The standard InChI is InChI=1S/C14H16Cl2N4O.ClH/c15-5-6-21-9-19-14-18-8-11(13(17)20-14)7-10-3-1-2-4-12(10)16;/h1-4,8H,5-7,9H2,(H3,17,18,19,20);1H. The largest absolute Gasteiger partial charge is 0.383 e. The lowest BCUT2D eigenvalue weighted by Crippen LogP contribution is -2.12. The number of nitrogens with two attached hydrogens (primary N) is 1. The van der Waals surface area contributed by atoms with E-state index in [1.54, 1.807) is 6.20 Å². The number of aromatic nitrogens is 2. The predicted octanol–water partition coefficient (Wildman–Crippen LogP) is 3.35. The molecule has 8 heteroatoms. The summed E-state index contributed by atoms with van der Waals surface area (Å²) in [7, 11) is 0. The van der Waals surface area contributed by atoms with E-state index in [-0.39, 0.29) is 19.1 Å². The van der Waals surface area contributed by atoms with Gasteiger partial charge in [-0.15, -0.1) is 24.0 Å². The predicted molar refractivity (Wildman–Crippen MR) is 93.1 cm³/mol. The molecule has 1 aromatic heterocycles. The monoisotopic (exact) mass is 362 g/mol. The van der Waals surface area contributed by atoms with Crippen molar-refractivity contribution in [3.63, 3.8) is 0 Å². The van der Waals surface area contributed by atoms with E-state index < -0.39 is 0 Å². The Balaban J connectivity index is 0.00000242. The van der Waals surface area contributed by atoms with Gasteiger partial charge in [0, 0.05) is 29.1 Å². The number of anilines is 2. The SMILES string of the molecule is Cl.Nc1nc(NCOCCCl)ncc1Cc1ccccc1Cl. The molecule has 0 saturated carbocycles. The van der Waals surface area contributed by atoms with Crippen LogP contribution in [-0.4, -0.2) is 29.2 Å². The second kappa shape index (κ2) is 9.69. The summed E-state index contributed by atoms with van der Waals surface area (Å²) in [5, 5.41) is 3.62. The number of ether oxygens (including phenoxy) is 1. The third-order valence-electron chi connectivity index (χ3n) is 2.79. The number of nitrogen functional groups attached to an aromatic ring is 1. The summed E-state index contributed by atoms with van der Waals surface area (Å²) in [4.78, 5) is 8.40. The van der Waals surface area contributed by atoms with Crippen LogP contribution in [0.4, 0.5) is 11.8 Å². The average Bonchev–Trinajstić information content (AvgIpc) is 2.48. The van der Waals surface area contributed by atoms with Crippen LogP contribution in [-0.2, 0) is 11.2 Å².